The van der Waals surface area contributed by atoms with Gasteiger partial charge in [0.05, 0.1) is 0 Å². The second-order valence-electron chi connectivity index (χ2n) is 3.75. The molecule has 0 unspecified atom stereocenters. The molecule has 0 atom stereocenters. The van der Waals surface area contributed by atoms with Crippen molar-refractivity contribution >= 4 is 17.7 Å². The van der Waals surface area contributed by atoms with Crippen LogP contribution < -0.4 is 0 Å². The number of rotatable bonds is 1. The van der Waals surface area contributed by atoms with Crippen molar-refractivity contribution in [2.45, 2.75) is 32.1 Å². The van der Waals surface area contributed by atoms with E-state index in [1.165, 1.54) is 29.7 Å². The van der Waals surface area contributed by atoms with Gasteiger partial charge in [0, 0.05) is 10.5 Å². The summed E-state index contributed by atoms with van der Waals surface area (Å²) in [5, 5.41) is 8.90. The van der Waals surface area contributed by atoms with Crippen molar-refractivity contribution in [3.05, 3.63) is 22.1 Å². The largest absolute Gasteiger partial charge is 0.478 e. The zero-order chi connectivity index (χ0) is 9.97. The molecule has 1 heterocycles. The maximum Gasteiger partial charge on any atom is 0.331 e. The number of allylic oxidation sites excluding steroid dienone is 2. The van der Waals surface area contributed by atoms with E-state index in [4.69, 9.17) is 5.11 Å². The number of carbonyl (C=O) groups is 1. The fraction of sp³-hybridized carbons (Fsp3) is 0.545. The van der Waals surface area contributed by atoms with Gasteiger partial charge in [-0.25, -0.2) is 4.79 Å². The minimum atomic E-state index is -0.749. The summed E-state index contributed by atoms with van der Waals surface area (Å²) in [6.45, 7) is 0. The lowest BCUT2D eigenvalue weighted by Crippen LogP contribution is -2.05. The van der Waals surface area contributed by atoms with Crippen LogP contribution in [0.5, 0.6) is 0 Å². The van der Waals surface area contributed by atoms with Crippen molar-refractivity contribution < 1.29 is 9.90 Å². The minimum absolute atomic E-state index is 0.582. The topological polar surface area (TPSA) is 37.3 Å². The Bertz CT molecular complexity index is 315. The molecule has 1 N–H and O–H groups in total. The van der Waals surface area contributed by atoms with Crippen LogP contribution in [-0.4, -0.2) is 16.8 Å². The number of carboxylic acid groups (broad SMARTS) is 1. The Morgan fingerprint density at radius 1 is 1.29 bits per heavy atom. The molecule has 2 nitrogen and oxygen atoms in total. The van der Waals surface area contributed by atoms with Crippen molar-refractivity contribution in [2.24, 2.45) is 0 Å². The molecule has 0 aromatic rings. The standard InChI is InChI=1S/C11H14O2S/c12-11(13)9-5-4-8-3-1-2-6-14-10(8)7-9/h7H,1-6H2,(H,12,13). The van der Waals surface area contributed by atoms with E-state index in [0.717, 1.165) is 12.2 Å². The molecular formula is C11H14O2S. The molecule has 0 amide bonds. The van der Waals surface area contributed by atoms with E-state index in [1.54, 1.807) is 0 Å². The van der Waals surface area contributed by atoms with Gasteiger partial charge < -0.3 is 5.11 Å². The van der Waals surface area contributed by atoms with Crippen LogP contribution in [0.15, 0.2) is 22.1 Å². The number of aliphatic carboxylic acids is 1. The SMILES string of the molecule is O=C(O)C1=CC2=C(CCCCS2)CC1. The second-order valence-corrected chi connectivity index (χ2v) is 4.88. The first-order valence-corrected chi connectivity index (χ1v) is 6.04. The molecule has 14 heavy (non-hydrogen) atoms. The molecule has 2 rings (SSSR count). The van der Waals surface area contributed by atoms with Gasteiger partial charge in [-0.05, 0) is 43.9 Å². The quantitative estimate of drug-likeness (QED) is 0.723. The smallest absolute Gasteiger partial charge is 0.331 e. The number of hydrogen-bond acceptors (Lipinski definition) is 2. The lowest BCUT2D eigenvalue weighted by atomic mass is 9.95. The first-order chi connectivity index (χ1) is 6.77. The van der Waals surface area contributed by atoms with E-state index >= 15 is 0 Å². The van der Waals surface area contributed by atoms with E-state index in [9.17, 15) is 4.79 Å². The van der Waals surface area contributed by atoms with Crippen LogP contribution in [0.25, 0.3) is 0 Å². The monoisotopic (exact) mass is 210 g/mol. The fourth-order valence-corrected chi connectivity index (χ4v) is 3.13. The third-order valence-electron chi connectivity index (χ3n) is 2.76. The van der Waals surface area contributed by atoms with Crippen molar-refractivity contribution in [1.82, 2.24) is 0 Å². The molecule has 2 aliphatic rings. The Kier molecular flexibility index (Phi) is 2.96. The molecule has 0 aromatic heterocycles. The summed E-state index contributed by atoms with van der Waals surface area (Å²) < 4.78 is 0. The van der Waals surface area contributed by atoms with Crippen molar-refractivity contribution in [3.8, 4) is 0 Å². The molecule has 76 valence electrons. The summed E-state index contributed by atoms with van der Waals surface area (Å²) in [5.41, 5.74) is 2.07. The predicted molar refractivity (Wildman–Crippen MR) is 58.3 cm³/mol. The average Bonchev–Trinajstić information content (AvgIpc) is 2.41. The lowest BCUT2D eigenvalue weighted by molar-refractivity contribution is -0.132. The molecule has 1 aliphatic carbocycles. The lowest BCUT2D eigenvalue weighted by Gasteiger charge is -2.15. The van der Waals surface area contributed by atoms with Gasteiger partial charge in [-0.3, -0.25) is 0 Å². The average molecular weight is 210 g/mol. The highest BCUT2D eigenvalue weighted by molar-refractivity contribution is 8.03. The van der Waals surface area contributed by atoms with Gasteiger partial charge in [-0.2, -0.15) is 0 Å². The van der Waals surface area contributed by atoms with Gasteiger partial charge >= 0.3 is 5.97 Å². The van der Waals surface area contributed by atoms with Crippen molar-refractivity contribution in [1.29, 1.82) is 0 Å². The zero-order valence-corrected chi connectivity index (χ0v) is 8.90. The van der Waals surface area contributed by atoms with Crippen LogP contribution in [0.2, 0.25) is 0 Å². The molecule has 1 aliphatic heterocycles. The van der Waals surface area contributed by atoms with E-state index in [0.29, 0.717) is 12.0 Å². The Morgan fingerprint density at radius 3 is 2.93 bits per heavy atom. The van der Waals surface area contributed by atoms with Gasteiger partial charge in [0.15, 0.2) is 0 Å². The van der Waals surface area contributed by atoms with Crippen molar-refractivity contribution in [3.63, 3.8) is 0 Å². The Morgan fingerprint density at radius 2 is 2.14 bits per heavy atom. The van der Waals surface area contributed by atoms with E-state index in [1.807, 2.05) is 17.8 Å². The predicted octanol–water partition coefficient (Wildman–Crippen LogP) is 2.96. The maximum atomic E-state index is 10.8. The zero-order valence-electron chi connectivity index (χ0n) is 8.08. The summed E-state index contributed by atoms with van der Waals surface area (Å²) in [5.74, 6) is 0.392. The molecular weight excluding hydrogens is 196 g/mol. The summed E-state index contributed by atoms with van der Waals surface area (Å²) in [6, 6.07) is 0. The van der Waals surface area contributed by atoms with Gasteiger partial charge in [0.1, 0.15) is 0 Å². The molecule has 0 spiro atoms. The minimum Gasteiger partial charge on any atom is -0.478 e. The van der Waals surface area contributed by atoms with E-state index in [-0.39, 0.29) is 0 Å². The van der Waals surface area contributed by atoms with Crippen LogP contribution in [0, 0.1) is 0 Å². The van der Waals surface area contributed by atoms with E-state index < -0.39 is 5.97 Å². The van der Waals surface area contributed by atoms with Crippen LogP contribution in [0.1, 0.15) is 32.1 Å². The molecule has 0 aromatic carbocycles. The van der Waals surface area contributed by atoms with Gasteiger partial charge in [-0.1, -0.05) is 5.57 Å². The molecule has 0 fully saturated rings. The third-order valence-corrected chi connectivity index (χ3v) is 3.97. The van der Waals surface area contributed by atoms with Gasteiger partial charge in [-0.15, -0.1) is 11.8 Å². The number of hydrogen-bond donors (Lipinski definition) is 1. The number of thioether (sulfide) groups is 1. The fourth-order valence-electron chi connectivity index (χ4n) is 1.92. The van der Waals surface area contributed by atoms with Gasteiger partial charge in [0.2, 0.25) is 0 Å². The molecule has 0 saturated heterocycles. The Labute approximate surface area is 88.1 Å². The highest BCUT2D eigenvalue weighted by Crippen LogP contribution is 2.36. The number of carboxylic acids is 1. The van der Waals surface area contributed by atoms with Crippen LogP contribution in [-0.2, 0) is 4.79 Å². The molecule has 3 heteroatoms. The van der Waals surface area contributed by atoms with E-state index in [2.05, 4.69) is 0 Å². The van der Waals surface area contributed by atoms with Crippen LogP contribution >= 0.6 is 11.8 Å². The highest BCUT2D eigenvalue weighted by atomic mass is 32.2. The highest BCUT2D eigenvalue weighted by Gasteiger charge is 2.19. The van der Waals surface area contributed by atoms with Crippen LogP contribution in [0.3, 0.4) is 0 Å². The second kappa shape index (κ2) is 4.22. The molecule has 0 radical (unpaired) electrons. The first kappa shape index (κ1) is 9.84. The Balaban J connectivity index is 2.23. The normalized spacial score (nSPS) is 22.4. The molecule has 0 bridgehead atoms. The first-order valence-electron chi connectivity index (χ1n) is 5.06. The van der Waals surface area contributed by atoms with Crippen LogP contribution in [0.4, 0.5) is 0 Å². The Hall–Kier alpha value is -0.700. The summed E-state index contributed by atoms with van der Waals surface area (Å²) in [6.07, 6.45) is 7.26. The van der Waals surface area contributed by atoms with Crippen molar-refractivity contribution in [2.75, 3.05) is 5.75 Å². The third kappa shape index (κ3) is 2.03. The summed E-state index contributed by atoms with van der Waals surface area (Å²) in [4.78, 5) is 12.1. The maximum absolute atomic E-state index is 10.8. The molecule has 0 saturated carbocycles. The van der Waals surface area contributed by atoms with Gasteiger partial charge in [0.25, 0.3) is 0 Å². The summed E-state index contributed by atoms with van der Waals surface area (Å²) >= 11 is 1.83. The summed E-state index contributed by atoms with van der Waals surface area (Å²) in [7, 11) is 0.